The Kier molecular flexibility index (Phi) is 3.65. The van der Waals surface area contributed by atoms with Gasteiger partial charge in [-0.2, -0.15) is 0 Å². The van der Waals surface area contributed by atoms with E-state index in [2.05, 4.69) is 5.32 Å². The molecule has 0 atom stereocenters. The smallest absolute Gasteiger partial charge is 0.327 e. The molecule has 1 aliphatic carbocycles. The lowest BCUT2D eigenvalue weighted by Crippen LogP contribution is -2.50. The Balaban J connectivity index is 1.86. The zero-order valence-electron chi connectivity index (χ0n) is 11.2. The average molecular weight is 283 g/mol. The van der Waals surface area contributed by atoms with Crippen LogP contribution < -0.4 is 5.32 Å². The molecule has 1 aliphatic heterocycles. The fourth-order valence-electron chi connectivity index (χ4n) is 2.36. The Hall–Kier alpha value is -2.12. The summed E-state index contributed by atoms with van der Waals surface area (Å²) in [6.07, 6.45) is 1.90. The topological polar surface area (TPSA) is 107 Å². The van der Waals surface area contributed by atoms with Gasteiger partial charge in [0.25, 0.3) is 5.91 Å². The number of nitrogens with one attached hydrogen (secondary N) is 1. The molecule has 0 radical (unpaired) electrons. The summed E-state index contributed by atoms with van der Waals surface area (Å²) in [7, 11) is 1.48. The average Bonchev–Trinajstić information content (AvgIpc) is 2.54. The molecular weight excluding hydrogens is 266 g/mol. The Morgan fingerprint density at radius 1 is 1.35 bits per heavy atom. The molecule has 1 saturated heterocycles. The quantitative estimate of drug-likeness (QED) is 0.646. The van der Waals surface area contributed by atoms with Crippen LogP contribution in [0, 0.1) is 5.41 Å². The molecule has 8 heteroatoms. The van der Waals surface area contributed by atoms with Gasteiger partial charge in [-0.25, -0.2) is 4.79 Å². The van der Waals surface area contributed by atoms with E-state index in [1.165, 1.54) is 11.9 Å². The van der Waals surface area contributed by atoms with E-state index in [4.69, 9.17) is 5.11 Å². The van der Waals surface area contributed by atoms with Crippen LogP contribution in [-0.4, -0.2) is 65.4 Å². The van der Waals surface area contributed by atoms with E-state index in [1.807, 2.05) is 0 Å². The van der Waals surface area contributed by atoms with E-state index >= 15 is 0 Å². The summed E-state index contributed by atoms with van der Waals surface area (Å²) in [4.78, 5) is 48.0. The van der Waals surface area contributed by atoms with Crippen LogP contribution in [0.3, 0.4) is 0 Å². The van der Waals surface area contributed by atoms with Crippen LogP contribution in [0.1, 0.15) is 19.3 Å². The zero-order chi connectivity index (χ0) is 14.9. The molecule has 0 unspecified atom stereocenters. The van der Waals surface area contributed by atoms with Gasteiger partial charge in [-0.3, -0.25) is 19.3 Å². The molecule has 20 heavy (non-hydrogen) atoms. The SMILES string of the molecule is CN1CC(=O)N(CC(=O)NCC2(C(=O)O)CCC2)C1=O. The Bertz CT molecular complexity index is 472. The highest BCUT2D eigenvalue weighted by Gasteiger charge is 2.44. The lowest BCUT2D eigenvalue weighted by Gasteiger charge is -2.37. The van der Waals surface area contributed by atoms with Gasteiger partial charge in [0, 0.05) is 13.6 Å². The summed E-state index contributed by atoms with van der Waals surface area (Å²) in [5.74, 6) is -1.86. The number of hydrogen-bond donors (Lipinski definition) is 2. The summed E-state index contributed by atoms with van der Waals surface area (Å²) < 4.78 is 0. The van der Waals surface area contributed by atoms with Crippen molar-refractivity contribution in [2.75, 3.05) is 26.7 Å². The molecule has 2 N–H and O–H groups in total. The molecule has 4 amide bonds. The molecule has 1 saturated carbocycles. The number of urea groups is 1. The number of rotatable bonds is 5. The van der Waals surface area contributed by atoms with Crippen molar-refractivity contribution >= 4 is 23.8 Å². The van der Waals surface area contributed by atoms with Gasteiger partial charge in [-0.05, 0) is 12.8 Å². The van der Waals surface area contributed by atoms with E-state index in [0.717, 1.165) is 11.3 Å². The third-order valence-corrected chi connectivity index (χ3v) is 3.92. The Morgan fingerprint density at radius 3 is 2.40 bits per heavy atom. The minimum atomic E-state index is -0.919. The lowest BCUT2D eigenvalue weighted by molar-refractivity contribution is -0.154. The maximum Gasteiger partial charge on any atom is 0.327 e. The van der Waals surface area contributed by atoms with E-state index < -0.39 is 29.2 Å². The summed E-state index contributed by atoms with van der Waals surface area (Å²) in [5.41, 5.74) is -0.883. The van der Waals surface area contributed by atoms with Gasteiger partial charge in [-0.1, -0.05) is 6.42 Å². The van der Waals surface area contributed by atoms with Crippen molar-refractivity contribution in [2.45, 2.75) is 19.3 Å². The minimum Gasteiger partial charge on any atom is -0.481 e. The van der Waals surface area contributed by atoms with Crippen molar-refractivity contribution in [3.63, 3.8) is 0 Å². The molecule has 0 aromatic rings. The van der Waals surface area contributed by atoms with E-state index in [-0.39, 0.29) is 19.6 Å². The van der Waals surface area contributed by atoms with Gasteiger partial charge < -0.3 is 15.3 Å². The molecule has 0 aromatic heterocycles. The van der Waals surface area contributed by atoms with Gasteiger partial charge in [0.15, 0.2) is 0 Å². The summed E-state index contributed by atoms with van der Waals surface area (Å²) in [6, 6.07) is -0.512. The number of hydrogen-bond acceptors (Lipinski definition) is 4. The highest BCUT2D eigenvalue weighted by atomic mass is 16.4. The number of carbonyl (C=O) groups is 4. The second-order valence-electron chi connectivity index (χ2n) is 5.33. The normalized spacial score (nSPS) is 20.9. The number of carboxylic acid groups (broad SMARTS) is 1. The van der Waals surface area contributed by atoms with Crippen LogP contribution in [-0.2, 0) is 14.4 Å². The zero-order valence-corrected chi connectivity index (χ0v) is 11.2. The standard InChI is InChI=1S/C12H17N3O5/c1-14-6-9(17)15(11(14)20)5-8(16)13-7-12(10(18)19)3-2-4-12/h2-7H2,1H3,(H,13,16)(H,18,19). The summed E-state index contributed by atoms with van der Waals surface area (Å²) in [5, 5.41) is 11.6. The molecule has 1 heterocycles. The first-order chi connectivity index (χ1) is 9.35. The number of carbonyl (C=O) groups excluding carboxylic acids is 3. The van der Waals surface area contributed by atoms with Crippen molar-refractivity contribution in [3.8, 4) is 0 Å². The number of nitrogens with zero attached hydrogens (tertiary/aromatic N) is 2. The molecule has 0 spiro atoms. The maximum absolute atomic E-state index is 11.7. The number of aliphatic carboxylic acids is 1. The summed E-state index contributed by atoms with van der Waals surface area (Å²) in [6.45, 7) is -0.365. The van der Waals surface area contributed by atoms with E-state index in [9.17, 15) is 19.2 Å². The van der Waals surface area contributed by atoms with Crippen molar-refractivity contribution in [1.82, 2.24) is 15.1 Å². The highest BCUT2D eigenvalue weighted by Crippen LogP contribution is 2.40. The van der Waals surface area contributed by atoms with Crippen LogP contribution in [0.25, 0.3) is 0 Å². The second-order valence-corrected chi connectivity index (χ2v) is 5.33. The van der Waals surface area contributed by atoms with Gasteiger partial charge >= 0.3 is 12.0 Å². The van der Waals surface area contributed by atoms with Crippen LogP contribution >= 0.6 is 0 Å². The number of likely N-dealkylation sites (N-methyl/N-ethyl adjacent to an activating group) is 1. The van der Waals surface area contributed by atoms with Crippen molar-refractivity contribution in [1.29, 1.82) is 0 Å². The summed E-state index contributed by atoms with van der Waals surface area (Å²) >= 11 is 0. The van der Waals surface area contributed by atoms with Crippen molar-refractivity contribution in [3.05, 3.63) is 0 Å². The van der Waals surface area contributed by atoms with Crippen LogP contribution in [0.5, 0.6) is 0 Å². The van der Waals surface area contributed by atoms with Gasteiger partial charge in [0.2, 0.25) is 5.91 Å². The first-order valence-electron chi connectivity index (χ1n) is 6.41. The van der Waals surface area contributed by atoms with Crippen molar-refractivity contribution in [2.24, 2.45) is 5.41 Å². The molecule has 2 fully saturated rings. The number of carboxylic acids is 1. The Morgan fingerprint density at radius 2 is 2.00 bits per heavy atom. The van der Waals surface area contributed by atoms with E-state index in [0.29, 0.717) is 12.8 Å². The first kappa shape index (κ1) is 14.3. The fraction of sp³-hybridized carbons (Fsp3) is 0.667. The highest BCUT2D eigenvalue weighted by molar-refractivity contribution is 6.04. The molecular formula is C12H17N3O5. The van der Waals surface area contributed by atoms with Crippen molar-refractivity contribution < 1.29 is 24.3 Å². The van der Waals surface area contributed by atoms with Gasteiger partial charge in [-0.15, -0.1) is 0 Å². The van der Waals surface area contributed by atoms with Crippen LogP contribution in [0.4, 0.5) is 4.79 Å². The van der Waals surface area contributed by atoms with Crippen LogP contribution in [0.2, 0.25) is 0 Å². The molecule has 0 aromatic carbocycles. The molecule has 0 bridgehead atoms. The predicted octanol–water partition coefficient (Wildman–Crippen LogP) is -0.748. The van der Waals surface area contributed by atoms with Gasteiger partial charge in [0.1, 0.15) is 13.1 Å². The first-order valence-corrected chi connectivity index (χ1v) is 6.41. The molecule has 2 aliphatic rings. The maximum atomic E-state index is 11.7. The molecule has 2 rings (SSSR count). The molecule has 110 valence electrons. The van der Waals surface area contributed by atoms with E-state index in [1.54, 1.807) is 0 Å². The minimum absolute atomic E-state index is 0.0349. The van der Waals surface area contributed by atoms with Gasteiger partial charge in [0.05, 0.1) is 5.41 Å². The third-order valence-electron chi connectivity index (χ3n) is 3.92. The van der Waals surface area contributed by atoms with Crippen LogP contribution in [0.15, 0.2) is 0 Å². The predicted molar refractivity (Wildman–Crippen MR) is 66.7 cm³/mol. The largest absolute Gasteiger partial charge is 0.481 e. The molecule has 8 nitrogen and oxygen atoms in total. The fourth-order valence-corrected chi connectivity index (χ4v) is 2.36. The number of amides is 4. The Labute approximate surface area is 115 Å². The lowest BCUT2D eigenvalue weighted by atomic mass is 9.69. The monoisotopic (exact) mass is 283 g/mol. The third kappa shape index (κ3) is 2.45. The number of imide groups is 1. The second kappa shape index (κ2) is 5.10.